The van der Waals surface area contributed by atoms with E-state index >= 15 is 0 Å². The summed E-state index contributed by atoms with van der Waals surface area (Å²) >= 11 is 3.40. The molecule has 0 bridgehead atoms. The molecular weight excluding hydrogens is 230 g/mol. The zero-order valence-corrected chi connectivity index (χ0v) is 8.40. The van der Waals surface area contributed by atoms with Gasteiger partial charge in [-0.05, 0) is 18.2 Å². The Bertz CT molecular complexity index is 422. The fourth-order valence-electron chi connectivity index (χ4n) is 1.16. The van der Waals surface area contributed by atoms with Crippen molar-refractivity contribution in [1.82, 2.24) is 9.55 Å². The van der Waals surface area contributed by atoms with E-state index in [4.69, 9.17) is 5.73 Å². The smallest absolute Gasteiger partial charge is 0.204 e. The molecule has 2 rings (SSSR count). The lowest BCUT2D eigenvalue weighted by Gasteiger charge is -2.03. The Kier molecular flexibility index (Phi) is 2.06. The third-order valence-electron chi connectivity index (χ3n) is 1.76. The van der Waals surface area contributed by atoms with Gasteiger partial charge in [0.2, 0.25) is 5.95 Å². The Morgan fingerprint density at radius 1 is 1.38 bits per heavy atom. The fourth-order valence-corrected chi connectivity index (χ4v) is 1.55. The van der Waals surface area contributed by atoms with Gasteiger partial charge in [-0.15, -0.1) is 0 Å². The van der Waals surface area contributed by atoms with Crippen molar-refractivity contribution in [3.63, 3.8) is 0 Å². The summed E-state index contributed by atoms with van der Waals surface area (Å²) in [5.41, 5.74) is 6.66. The molecule has 0 saturated carbocycles. The lowest BCUT2D eigenvalue weighted by molar-refractivity contribution is 1.07. The van der Waals surface area contributed by atoms with Crippen LogP contribution in [0.4, 0.5) is 5.95 Å². The van der Waals surface area contributed by atoms with Crippen molar-refractivity contribution in [3.8, 4) is 5.69 Å². The van der Waals surface area contributed by atoms with E-state index in [-0.39, 0.29) is 0 Å². The zero-order valence-electron chi connectivity index (χ0n) is 6.81. The van der Waals surface area contributed by atoms with Gasteiger partial charge in [-0.25, -0.2) is 4.98 Å². The summed E-state index contributed by atoms with van der Waals surface area (Å²) in [6, 6.07) is 7.89. The van der Waals surface area contributed by atoms with Gasteiger partial charge >= 0.3 is 0 Å². The Labute approximate surface area is 84.3 Å². The van der Waals surface area contributed by atoms with Gasteiger partial charge in [0.25, 0.3) is 0 Å². The molecule has 0 atom stereocenters. The molecule has 66 valence electrons. The summed E-state index contributed by atoms with van der Waals surface area (Å²) in [5.74, 6) is 0.498. The Hall–Kier alpha value is -1.29. The van der Waals surface area contributed by atoms with Crippen LogP contribution in [-0.2, 0) is 0 Å². The number of nitrogens with two attached hydrogens (primary N) is 1. The minimum Gasteiger partial charge on any atom is -0.369 e. The second-order valence-electron chi connectivity index (χ2n) is 2.64. The SMILES string of the molecule is Nc1nccn1-c1cccc(Br)c1. The third kappa shape index (κ3) is 1.58. The van der Waals surface area contributed by atoms with E-state index in [0.29, 0.717) is 5.95 Å². The van der Waals surface area contributed by atoms with Gasteiger partial charge in [-0.3, -0.25) is 4.57 Å². The molecule has 0 amide bonds. The maximum Gasteiger partial charge on any atom is 0.204 e. The average Bonchev–Trinajstić information content (AvgIpc) is 2.51. The molecule has 1 aromatic heterocycles. The van der Waals surface area contributed by atoms with Crippen LogP contribution < -0.4 is 5.73 Å². The average molecular weight is 238 g/mol. The van der Waals surface area contributed by atoms with E-state index in [1.165, 1.54) is 0 Å². The topological polar surface area (TPSA) is 43.8 Å². The molecule has 0 radical (unpaired) electrons. The standard InChI is InChI=1S/C9H8BrN3/c10-7-2-1-3-8(6-7)13-5-4-12-9(13)11/h1-6H,(H2,11,12). The van der Waals surface area contributed by atoms with Crippen LogP contribution in [0.2, 0.25) is 0 Å². The molecule has 0 saturated heterocycles. The number of nitrogens with zero attached hydrogens (tertiary/aromatic N) is 2. The fraction of sp³-hybridized carbons (Fsp3) is 0. The van der Waals surface area contributed by atoms with Crippen molar-refractivity contribution in [2.24, 2.45) is 0 Å². The van der Waals surface area contributed by atoms with Gasteiger partial charge in [0, 0.05) is 22.6 Å². The number of nitrogen functional groups attached to an aromatic ring is 1. The number of imidazole rings is 1. The van der Waals surface area contributed by atoms with Gasteiger partial charge in [0.1, 0.15) is 0 Å². The van der Waals surface area contributed by atoms with Gasteiger partial charge in [-0.1, -0.05) is 22.0 Å². The van der Waals surface area contributed by atoms with Gasteiger partial charge in [-0.2, -0.15) is 0 Å². The number of rotatable bonds is 1. The predicted molar refractivity (Wildman–Crippen MR) is 55.7 cm³/mol. The number of hydrogen-bond acceptors (Lipinski definition) is 2. The van der Waals surface area contributed by atoms with E-state index in [1.54, 1.807) is 6.20 Å². The number of hydrogen-bond donors (Lipinski definition) is 1. The normalized spacial score (nSPS) is 10.2. The van der Waals surface area contributed by atoms with Gasteiger partial charge in [0.05, 0.1) is 0 Å². The van der Waals surface area contributed by atoms with Crippen molar-refractivity contribution in [3.05, 3.63) is 41.1 Å². The summed E-state index contributed by atoms with van der Waals surface area (Å²) in [5, 5.41) is 0. The van der Waals surface area contributed by atoms with Crippen LogP contribution in [0.5, 0.6) is 0 Å². The molecule has 0 spiro atoms. The van der Waals surface area contributed by atoms with Crippen molar-refractivity contribution >= 4 is 21.9 Å². The monoisotopic (exact) mass is 237 g/mol. The van der Waals surface area contributed by atoms with Crippen molar-refractivity contribution in [1.29, 1.82) is 0 Å². The molecule has 13 heavy (non-hydrogen) atoms. The van der Waals surface area contributed by atoms with Crippen molar-refractivity contribution in [2.45, 2.75) is 0 Å². The molecule has 4 heteroatoms. The van der Waals surface area contributed by atoms with E-state index < -0.39 is 0 Å². The minimum atomic E-state index is 0.498. The highest BCUT2D eigenvalue weighted by Gasteiger charge is 1.99. The molecule has 0 aliphatic carbocycles. The first-order chi connectivity index (χ1) is 6.27. The Balaban J connectivity index is 2.53. The number of benzene rings is 1. The molecular formula is C9H8BrN3. The second kappa shape index (κ2) is 3.22. The van der Waals surface area contributed by atoms with Crippen LogP contribution >= 0.6 is 15.9 Å². The second-order valence-corrected chi connectivity index (χ2v) is 3.55. The van der Waals surface area contributed by atoms with Crippen LogP contribution in [0, 0.1) is 0 Å². The molecule has 2 aromatic rings. The van der Waals surface area contributed by atoms with Gasteiger partial charge in [0.15, 0.2) is 0 Å². The molecule has 0 unspecified atom stereocenters. The lowest BCUT2D eigenvalue weighted by Crippen LogP contribution is -1.99. The molecule has 0 aliphatic rings. The number of aromatic nitrogens is 2. The molecule has 0 aliphatic heterocycles. The molecule has 3 nitrogen and oxygen atoms in total. The lowest BCUT2D eigenvalue weighted by atomic mass is 10.3. The molecule has 2 N–H and O–H groups in total. The maximum atomic E-state index is 5.66. The highest BCUT2D eigenvalue weighted by atomic mass is 79.9. The van der Waals surface area contributed by atoms with Crippen LogP contribution in [0.3, 0.4) is 0 Å². The quantitative estimate of drug-likeness (QED) is 0.827. The Morgan fingerprint density at radius 2 is 2.23 bits per heavy atom. The highest BCUT2D eigenvalue weighted by molar-refractivity contribution is 9.10. The van der Waals surface area contributed by atoms with E-state index in [9.17, 15) is 0 Å². The summed E-state index contributed by atoms with van der Waals surface area (Å²) in [4.78, 5) is 3.95. The summed E-state index contributed by atoms with van der Waals surface area (Å²) < 4.78 is 2.85. The van der Waals surface area contributed by atoms with Gasteiger partial charge < -0.3 is 5.73 Å². The summed E-state index contributed by atoms with van der Waals surface area (Å²) in [6.45, 7) is 0. The van der Waals surface area contributed by atoms with E-state index in [1.807, 2.05) is 35.0 Å². The van der Waals surface area contributed by atoms with Crippen molar-refractivity contribution < 1.29 is 0 Å². The maximum absolute atomic E-state index is 5.66. The minimum absolute atomic E-state index is 0.498. The Morgan fingerprint density at radius 3 is 2.85 bits per heavy atom. The zero-order chi connectivity index (χ0) is 9.26. The third-order valence-corrected chi connectivity index (χ3v) is 2.25. The van der Waals surface area contributed by atoms with Crippen LogP contribution in [-0.4, -0.2) is 9.55 Å². The largest absolute Gasteiger partial charge is 0.369 e. The summed E-state index contributed by atoms with van der Waals surface area (Å²) in [6.07, 6.45) is 3.51. The highest BCUT2D eigenvalue weighted by Crippen LogP contribution is 2.17. The molecule has 0 fully saturated rings. The van der Waals surface area contributed by atoms with Crippen molar-refractivity contribution in [2.75, 3.05) is 5.73 Å². The van der Waals surface area contributed by atoms with Crippen LogP contribution in [0.15, 0.2) is 41.1 Å². The number of halogens is 1. The first-order valence-corrected chi connectivity index (χ1v) is 4.61. The first-order valence-electron chi connectivity index (χ1n) is 3.82. The molecule has 1 heterocycles. The van der Waals surface area contributed by atoms with E-state index in [2.05, 4.69) is 20.9 Å². The molecule has 1 aromatic carbocycles. The predicted octanol–water partition coefficient (Wildman–Crippen LogP) is 2.22. The van der Waals surface area contributed by atoms with Crippen LogP contribution in [0.1, 0.15) is 0 Å². The van der Waals surface area contributed by atoms with E-state index in [0.717, 1.165) is 10.2 Å². The first kappa shape index (κ1) is 8.31. The summed E-state index contributed by atoms with van der Waals surface area (Å²) in [7, 11) is 0. The van der Waals surface area contributed by atoms with Crippen LogP contribution in [0.25, 0.3) is 5.69 Å². The number of anilines is 1.